The number of carbonyl (C=O) groups excluding carboxylic acids is 1. The van der Waals surface area contributed by atoms with E-state index in [9.17, 15) is 9.18 Å². The second-order valence-electron chi connectivity index (χ2n) is 6.56. The molecular formula is C20H17BrFN3O4. The van der Waals surface area contributed by atoms with Crippen molar-refractivity contribution in [2.24, 2.45) is 0 Å². The van der Waals surface area contributed by atoms with Crippen LogP contribution in [0.4, 0.5) is 10.1 Å². The highest BCUT2D eigenvalue weighted by molar-refractivity contribution is 9.10. The minimum absolute atomic E-state index is 0.0606. The van der Waals surface area contributed by atoms with Gasteiger partial charge in [0, 0.05) is 36.7 Å². The Morgan fingerprint density at radius 2 is 1.90 bits per heavy atom. The molecule has 0 bridgehead atoms. The van der Waals surface area contributed by atoms with E-state index in [0.29, 0.717) is 45.5 Å². The average molecular weight is 462 g/mol. The molecule has 7 nitrogen and oxygen atoms in total. The average Bonchev–Trinajstić information content (AvgIpc) is 3.36. The van der Waals surface area contributed by atoms with Crippen LogP contribution in [0.15, 0.2) is 45.4 Å². The molecule has 150 valence electrons. The van der Waals surface area contributed by atoms with E-state index >= 15 is 0 Å². The molecular weight excluding hydrogens is 445 g/mol. The van der Waals surface area contributed by atoms with Crippen molar-refractivity contribution in [1.82, 2.24) is 10.1 Å². The molecule has 1 saturated heterocycles. The molecule has 0 spiro atoms. The van der Waals surface area contributed by atoms with E-state index in [1.165, 1.54) is 6.07 Å². The molecule has 9 heteroatoms. The molecule has 29 heavy (non-hydrogen) atoms. The maximum Gasteiger partial charge on any atom is 0.232 e. The van der Waals surface area contributed by atoms with Gasteiger partial charge in [0.05, 0.1) is 30.3 Å². The standard InChI is InChI=1S/C20H17BrFN3O4/c1-27-14-7-13(8-15(9-14)28-2)25-10-12(6-18(25)26)20-23-19(24-29-20)11-3-4-17(22)16(21)5-11/h3-5,7-9,12H,6,10H2,1-2H3. The predicted molar refractivity (Wildman–Crippen MR) is 107 cm³/mol. The number of hydrogen-bond donors (Lipinski definition) is 0. The lowest BCUT2D eigenvalue weighted by atomic mass is 10.1. The van der Waals surface area contributed by atoms with E-state index in [0.717, 1.165) is 0 Å². The monoisotopic (exact) mass is 461 g/mol. The highest BCUT2D eigenvalue weighted by Gasteiger charge is 2.35. The van der Waals surface area contributed by atoms with Crippen molar-refractivity contribution in [1.29, 1.82) is 0 Å². The Balaban J connectivity index is 1.57. The van der Waals surface area contributed by atoms with Crippen molar-refractivity contribution >= 4 is 27.5 Å². The third-order valence-corrected chi connectivity index (χ3v) is 5.35. The lowest BCUT2D eigenvalue weighted by molar-refractivity contribution is -0.117. The third kappa shape index (κ3) is 3.82. The van der Waals surface area contributed by atoms with Gasteiger partial charge in [-0.2, -0.15) is 4.98 Å². The zero-order valence-corrected chi connectivity index (χ0v) is 17.3. The number of carbonyl (C=O) groups is 1. The predicted octanol–water partition coefficient (Wildman–Crippen LogP) is 4.18. The van der Waals surface area contributed by atoms with Crippen LogP contribution in [-0.4, -0.2) is 36.8 Å². The molecule has 0 saturated carbocycles. The van der Waals surface area contributed by atoms with E-state index < -0.39 is 0 Å². The van der Waals surface area contributed by atoms with Crippen molar-refractivity contribution in [2.45, 2.75) is 12.3 Å². The van der Waals surface area contributed by atoms with E-state index in [1.807, 2.05) is 0 Å². The van der Waals surface area contributed by atoms with Gasteiger partial charge in [-0.25, -0.2) is 4.39 Å². The number of rotatable bonds is 5. The molecule has 0 aliphatic carbocycles. The molecule has 1 atom stereocenters. The number of nitrogens with zero attached hydrogens (tertiary/aromatic N) is 3. The van der Waals surface area contributed by atoms with Gasteiger partial charge in [-0.1, -0.05) is 5.16 Å². The molecule has 4 rings (SSSR count). The Kier molecular flexibility index (Phi) is 5.23. The van der Waals surface area contributed by atoms with Gasteiger partial charge in [-0.15, -0.1) is 0 Å². The first-order valence-electron chi connectivity index (χ1n) is 8.81. The maximum atomic E-state index is 13.4. The molecule has 1 aliphatic rings. The first kappa shape index (κ1) is 19.4. The minimum atomic E-state index is -0.372. The fourth-order valence-corrected chi connectivity index (χ4v) is 3.60. The van der Waals surface area contributed by atoms with Crippen LogP contribution in [0.5, 0.6) is 11.5 Å². The number of halogens is 2. The first-order valence-corrected chi connectivity index (χ1v) is 9.60. The number of anilines is 1. The van der Waals surface area contributed by atoms with Gasteiger partial charge in [0.2, 0.25) is 17.6 Å². The highest BCUT2D eigenvalue weighted by Crippen LogP contribution is 2.35. The lowest BCUT2D eigenvalue weighted by Gasteiger charge is -2.18. The normalized spacial score (nSPS) is 16.3. The Morgan fingerprint density at radius 1 is 1.17 bits per heavy atom. The number of hydrogen-bond acceptors (Lipinski definition) is 6. The summed E-state index contributed by atoms with van der Waals surface area (Å²) >= 11 is 3.15. The van der Waals surface area contributed by atoms with Gasteiger partial charge in [0.1, 0.15) is 17.3 Å². The molecule has 1 fully saturated rings. The summed E-state index contributed by atoms with van der Waals surface area (Å²) in [7, 11) is 3.11. The van der Waals surface area contributed by atoms with Crippen LogP contribution in [0.3, 0.4) is 0 Å². The Hall–Kier alpha value is -2.94. The zero-order chi connectivity index (χ0) is 20.5. The van der Waals surface area contributed by atoms with E-state index in [1.54, 1.807) is 49.5 Å². The SMILES string of the molecule is COc1cc(OC)cc(N2CC(c3nc(-c4ccc(F)c(Br)c4)no3)CC2=O)c1. The molecule has 2 aromatic carbocycles. The first-order chi connectivity index (χ1) is 14.0. The van der Waals surface area contributed by atoms with Gasteiger partial charge in [-0.05, 0) is 34.1 Å². The van der Waals surface area contributed by atoms with Crippen LogP contribution in [0.1, 0.15) is 18.2 Å². The van der Waals surface area contributed by atoms with Crippen LogP contribution in [0.25, 0.3) is 11.4 Å². The second kappa shape index (κ2) is 7.82. The van der Waals surface area contributed by atoms with Crippen LogP contribution in [0.2, 0.25) is 0 Å². The summed E-state index contributed by atoms with van der Waals surface area (Å²) in [5.41, 5.74) is 1.29. The fraction of sp³-hybridized carbons (Fsp3) is 0.250. The van der Waals surface area contributed by atoms with Gasteiger partial charge < -0.3 is 18.9 Å². The quantitative estimate of drug-likeness (QED) is 0.567. The number of methoxy groups -OCH3 is 2. The summed E-state index contributed by atoms with van der Waals surface area (Å²) in [4.78, 5) is 18.7. The van der Waals surface area contributed by atoms with E-state index in [4.69, 9.17) is 14.0 Å². The van der Waals surface area contributed by atoms with Crippen LogP contribution in [-0.2, 0) is 4.79 Å². The number of amides is 1. The summed E-state index contributed by atoms with van der Waals surface area (Å²) in [6.07, 6.45) is 0.244. The Bertz CT molecular complexity index is 1050. The Morgan fingerprint density at radius 3 is 2.55 bits per heavy atom. The molecule has 1 aromatic heterocycles. The molecule has 3 aromatic rings. The minimum Gasteiger partial charge on any atom is -0.497 e. The third-order valence-electron chi connectivity index (χ3n) is 4.74. The van der Waals surface area contributed by atoms with Crippen molar-refractivity contribution in [3.63, 3.8) is 0 Å². The van der Waals surface area contributed by atoms with Gasteiger partial charge in [0.25, 0.3) is 0 Å². The summed E-state index contributed by atoms with van der Waals surface area (Å²) < 4.78 is 29.7. The van der Waals surface area contributed by atoms with Gasteiger partial charge in [0.15, 0.2) is 0 Å². The van der Waals surface area contributed by atoms with Crippen molar-refractivity contribution in [2.75, 3.05) is 25.7 Å². The number of aromatic nitrogens is 2. The fourth-order valence-electron chi connectivity index (χ4n) is 3.22. The molecule has 2 heterocycles. The molecule has 1 aliphatic heterocycles. The molecule has 1 unspecified atom stereocenters. The molecule has 0 N–H and O–H groups in total. The van der Waals surface area contributed by atoms with Gasteiger partial charge >= 0.3 is 0 Å². The highest BCUT2D eigenvalue weighted by atomic mass is 79.9. The number of benzene rings is 2. The zero-order valence-electron chi connectivity index (χ0n) is 15.7. The number of ether oxygens (including phenoxy) is 2. The van der Waals surface area contributed by atoms with Crippen LogP contribution in [0, 0.1) is 5.82 Å². The van der Waals surface area contributed by atoms with Crippen LogP contribution >= 0.6 is 15.9 Å². The van der Waals surface area contributed by atoms with E-state index in [2.05, 4.69) is 26.1 Å². The maximum absolute atomic E-state index is 13.4. The summed E-state index contributed by atoms with van der Waals surface area (Å²) in [6, 6.07) is 9.78. The largest absolute Gasteiger partial charge is 0.497 e. The van der Waals surface area contributed by atoms with Crippen molar-refractivity contribution < 1.29 is 23.2 Å². The van der Waals surface area contributed by atoms with E-state index in [-0.39, 0.29) is 24.1 Å². The summed E-state index contributed by atoms with van der Waals surface area (Å²) in [5.74, 6) is 1.22. The van der Waals surface area contributed by atoms with Crippen LogP contribution < -0.4 is 14.4 Å². The van der Waals surface area contributed by atoms with Crippen molar-refractivity contribution in [3.8, 4) is 22.9 Å². The Labute approximate surface area is 174 Å². The molecule has 1 amide bonds. The topological polar surface area (TPSA) is 77.7 Å². The van der Waals surface area contributed by atoms with Crippen molar-refractivity contribution in [3.05, 3.63) is 52.6 Å². The smallest absolute Gasteiger partial charge is 0.232 e. The molecule has 0 radical (unpaired) electrons. The van der Waals surface area contributed by atoms with Gasteiger partial charge in [-0.3, -0.25) is 4.79 Å². The second-order valence-corrected chi connectivity index (χ2v) is 7.42. The summed E-state index contributed by atoms with van der Waals surface area (Å²) in [6.45, 7) is 0.393. The lowest BCUT2D eigenvalue weighted by Crippen LogP contribution is -2.24. The summed E-state index contributed by atoms with van der Waals surface area (Å²) in [5, 5.41) is 3.98.